The Morgan fingerprint density at radius 2 is 1.83 bits per heavy atom. The van der Waals surface area contributed by atoms with Crippen LogP contribution in [-0.2, 0) is 10.0 Å². The zero-order chi connectivity index (χ0) is 24.6. The molecular weight excluding hydrogens is 504 g/mol. The van der Waals surface area contributed by atoms with Crippen LogP contribution in [0.4, 0.5) is 5.82 Å². The monoisotopic (exact) mass is 525 g/mol. The number of halogens is 2. The van der Waals surface area contributed by atoms with Gasteiger partial charge in [0.25, 0.3) is 0 Å². The van der Waals surface area contributed by atoms with Crippen LogP contribution in [-0.4, -0.2) is 54.8 Å². The largest absolute Gasteiger partial charge is 0.370 e. The van der Waals surface area contributed by atoms with Crippen LogP contribution in [0.3, 0.4) is 0 Å². The van der Waals surface area contributed by atoms with Gasteiger partial charge in [0, 0.05) is 42.5 Å². The lowest BCUT2D eigenvalue weighted by atomic mass is 9.99. The van der Waals surface area contributed by atoms with Crippen LogP contribution in [0.2, 0.25) is 10.0 Å². The summed E-state index contributed by atoms with van der Waals surface area (Å²) < 4.78 is 29.6. The zero-order valence-corrected chi connectivity index (χ0v) is 21.1. The highest BCUT2D eigenvalue weighted by Gasteiger charge is 2.31. The highest BCUT2D eigenvalue weighted by atomic mass is 35.5. The molecule has 2 aromatic heterocycles. The minimum Gasteiger partial charge on any atom is -0.370 e. The van der Waals surface area contributed by atoms with Gasteiger partial charge in [0.15, 0.2) is 5.65 Å². The summed E-state index contributed by atoms with van der Waals surface area (Å²) in [5.74, 6) is 0.800. The Hall–Kier alpha value is -2.59. The third-order valence-corrected chi connectivity index (χ3v) is 8.85. The molecule has 1 unspecified atom stereocenters. The van der Waals surface area contributed by atoms with Crippen LogP contribution >= 0.6 is 23.2 Å². The second-order valence-electron chi connectivity index (χ2n) is 8.52. The summed E-state index contributed by atoms with van der Waals surface area (Å²) in [5.41, 5.74) is 2.44. The molecule has 0 bridgehead atoms. The van der Waals surface area contributed by atoms with E-state index in [9.17, 15) is 8.42 Å². The summed E-state index contributed by atoms with van der Waals surface area (Å²) in [6.07, 6.45) is 3.22. The zero-order valence-electron chi connectivity index (χ0n) is 18.7. The summed E-state index contributed by atoms with van der Waals surface area (Å²) >= 11 is 12.6. The molecule has 7 nitrogen and oxygen atoms in total. The molecule has 1 saturated heterocycles. The van der Waals surface area contributed by atoms with Gasteiger partial charge in [-0.25, -0.2) is 13.4 Å². The van der Waals surface area contributed by atoms with E-state index in [1.54, 1.807) is 35.0 Å². The van der Waals surface area contributed by atoms with E-state index in [2.05, 4.69) is 15.4 Å². The van der Waals surface area contributed by atoms with Crippen LogP contribution in [0.1, 0.15) is 12.8 Å². The third-order valence-electron chi connectivity index (χ3n) is 6.16. The van der Waals surface area contributed by atoms with Gasteiger partial charge in [0.1, 0.15) is 18.6 Å². The molecule has 35 heavy (non-hydrogen) atoms. The van der Waals surface area contributed by atoms with Gasteiger partial charge in [-0.05, 0) is 42.4 Å². The summed E-state index contributed by atoms with van der Waals surface area (Å²) in [7, 11) is 2.44. The van der Waals surface area contributed by atoms with E-state index in [1.165, 1.54) is 4.31 Å². The first-order valence-corrected chi connectivity index (χ1v) is 13.4. The molecule has 5 rings (SSSR count). The summed E-state index contributed by atoms with van der Waals surface area (Å²) in [6, 6.07) is 15.9. The lowest BCUT2D eigenvalue weighted by molar-refractivity contribution is 0.275. The summed E-state index contributed by atoms with van der Waals surface area (Å²) in [6.45, 7) is 1.42. The minimum atomic E-state index is -3.67. The number of aromatic nitrogens is 3. The van der Waals surface area contributed by atoms with Crippen LogP contribution in [0.5, 0.6) is 0 Å². The Kier molecular flexibility index (Phi) is 6.76. The van der Waals surface area contributed by atoms with Crippen molar-refractivity contribution in [3.05, 3.63) is 70.8 Å². The van der Waals surface area contributed by atoms with Crippen LogP contribution in [0, 0.1) is 5.92 Å². The molecule has 0 amide bonds. The highest BCUT2D eigenvalue weighted by Crippen LogP contribution is 2.30. The van der Waals surface area contributed by atoms with Crippen molar-refractivity contribution in [2.45, 2.75) is 17.7 Å². The molecule has 4 aromatic rings. The molecule has 0 saturated carbocycles. The number of sulfonamides is 1. The van der Waals surface area contributed by atoms with Crippen molar-refractivity contribution < 1.29 is 8.42 Å². The van der Waals surface area contributed by atoms with E-state index in [1.807, 2.05) is 30.3 Å². The van der Waals surface area contributed by atoms with E-state index in [-0.39, 0.29) is 15.8 Å². The Labute approximate surface area is 215 Å². The third kappa shape index (κ3) is 4.78. The first-order chi connectivity index (χ1) is 16.8. The molecule has 2 radical (unpaired) electrons. The smallest absolute Gasteiger partial charge is 0.244 e. The van der Waals surface area contributed by atoms with Crippen molar-refractivity contribution >= 4 is 58.0 Å². The number of benzene rings is 2. The number of rotatable bonds is 6. The van der Waals surface area contributed by atoms with Crippen molar-refractivity contribution in [1.29, 1.82) is 0 Å². The van der Waals surface area contributed by atoms with Gasteiger partial charge in [-0.1, -0.05) is 53.5 Å². The molecule has 2 aromatic carbocycles. The van der Waals surface area contributed by atoms with E-state index < -0.39 is 10.0 Å². The van der Waals surface area contributed by atoms with Gasteiger partial charge in [0.05, 0.1) is 10.7 Å². The number of anilines is 1. The van der Waals surface area contributed by atoms with Crippen molar-refractivity contribution in [3.63, 3.8) is 0 Å². The lowest BCUT2D eigenvalue weighted by Crippen LogP contribution is -2.41. The van der Waals surface area contributed by atoms with Gasteiger partial charge in [-0.15, -0.1) is 0 Å². The predicted molar refractivity (Wildman–Crippen MR) is 140 cm³/mol. The van der Waals surface area contributed by atoms with Gasteiger partial charge in [0.2, 0.25) is 10.0 Å². The average Bonchev–Trinajstić information content (AvgIpc) is 3.24. The lowest BCUT2D eigenvalue weighted by Gasteiger charge is -2.32. The van der Waals surface area contributed by atoms with Crippen molar-refractivity contribution in [1.82, 2.24) is 18.9 Å². The topological polar surface area (TPSA) is 79.6 Å². The SMILES string of the molecule is [B]c1cnn2c(NCC3CCCN(S(=O)(=O)c4ccccc4Cl)C3)cc(-c3ccccc3Cl)nc12. The first kappa shape index (κ1) is 24.1. The standard InChI is InChI=1S/C24H22BCl2N5O2S/c25-18-14-29-32-23(12-21(30-24(18)32)17-7-1-2-8-19(17)26)28-13-16-6-5-11-31(15-16)35(33,34)22-10-4-3-9-20(22)27/h1-4,7-10,12,14,16,28H,5-6,11,13,15H2. The van der Waals surface area contributed by atoms with Crippen LogP contribution in [0.25, 0.3) is 16.9 Å². The normalized spacial score (nSPS) is 17.0. The molecule has 1 fully saturated rings. The molecule has 3 heterocycles. The average molecular weight is 526 g/mol. The maximum atomic E-state index is 13.2. The number of fused-ring (bicyclic) bond motifs is 1. The Morgan fingerprint density at radius 3 is 2.60 bits per heavy atom. The van der Waals surface area contributed by atoms with Gasteiger partial charge >= 0.3 is 0 Å². The van der Waals surface area contributed by atoms with Crippen LogP contribution in [0.15, 0.2) is 65.7 Å². The van der Waals surface area contributed by atoms with E-state index in [0.29, 0.717) is 47.3 Å². The first-order valence-electron chi connectivity index (χ1n) is 11.2. The molecule has 1 aliphatic rings. The fraction of sp³-hybridized carbons (Fsp3) is 0.250. The van der Waals surface area contributed by atoms with Gasteiger partial charge in [-0.2, -0.15) is 13.9 Å². The fourth-order valence-corrected chi connectivity index (χ4v) is 6.65. The fourth-order valence-electron chi connectivity index (χ4n) is 4.37. The molecule has 0 aliphatic carbocycles. The number of nitrogens with one attached hydrogen (secondary N) is 1. The van der Waals surface area contributed by atoms with Gasteiger partial charge < -0.3 is 5.32 Å². The molecule has 1 atom stereocenters. The van der Waals surface area contributed by atoms with Crippen molar-refractivity contribution in [2.24, 2.45) is 5.92 Å². The number of piperidine rings is 1. The second kappa shape index (κ2) is 9.81. The molecule has 1 N–H and O–H groups in total. The van der Waals surface area contributed by atoms with E-state index >= 15 is 0 Å². The molecule has 178 valence electrons. The number of hydrogen-bond acceptors (Lipinski definition) is 5. The summed E-state index contributed by atoms with van der Waals surface area (Å²) in [4.78, 5) is 4.80. The predicted octanol–water partition coefficient (Wildman–Crippen LogP) is 4.01. The van der Waals surface area contributed by atoms with E-state index in [4.69, 9.17) is 31.0 Å². The van der Waals surface area contributed by atoms with Crippen molar-refractivity contribution in [3.8, 4) is 11.3 Å². The van der Waals surface area contributed by atoms with E-state index in [0.717, 1.165) is 18.4 Å². The highest BCUT2D eigenvalue weighted by molar-refractivity contribution is 7.89. The second-order valence-corrected chi connectivity index (χ2v) is 11.2. The molecule has 0 spiro atoms. The maximum Gasteiger partial charge on any atom is 0.244 e. The summed E-state index contributed by atoms with van der Waals surface area (Å²) in [5, 5.41) is 8.61. The Bertz CT molecular complexity index is 1490. The Morgan fingerprint density at radius 1 is 1.09 bits per heavy atom. The number of nitrogens with zero attached hydrogens (tertiary/aromatic N) is 4. The number of hydrogen-bond donors (Lipinski definition) is 1. The van der Waals surface area contributed by atoms with Crippen LogP contribution < -0.4 is 10.8 Å². The molecule has 1 aliphatic heterocycles. The molecule has 11 heteroatoms. The quantitative estimate of drug-likeness (QED) is 0.385. The maximum absolute atomic E-state index is 13.2. The minimum absolute atomic E-state index is 0.0981. The van der Waals surface area contributed by atoms with Gasteiger partial charge in [-0.3, -0.25) is 0 Å². The molecular formula is C24H22BCl2N5O2S. The Balaban J connectivity index is 1.39. The van der Waals surface area contributed by atoms with Crippen molar-refractivity contribution in [2.75, 3.05) is 25.0 Å².